The number of anilines is 4. The number of nitrogens with one attached hydrogen (secondary N) is 3. The van der Waals surface area contributed by atoms with Crippen LogP contribution >= 0.6 is 11.8 Å². The number of sulfonamides is 1. The van der Waals surface area contributed by atoms with E-state index >= 15 is 0 Å². The summed E-state index contributed by atoms with van der Waals surface area (Å²) in [4.78, 5) is 36.8. The molecule has 0 radical (unpaired) electrons. The maximum absolute atomic E-state index is 13.0. The number of thioether (sulfide) groups is 1. The normalized spacial score (nSPS) is 11.7. The highest BCUT2D eigenvalue weighted by Crippen LogP contribution is 2.32. The summed E-state index contributed by atoms with van der Waals surface area (Å²) in [6.07, 6.45) is -2.26. The van der Waals surface area contributed by atoms with Gasteiger partial charge in [-0.3, -0.25) is 4.79 Å². The lowest BCUT2D eigenvalue weighted by Crippen LogP contribution is -2.34. The van der Waals surface area contributed by atoms with Gasteiger partial charge in [0.15, 0.2) is 0 Å². The van der Waals surface area contributed by atoms with Gasteiger partial charge in [-0.15, -0.1) is 11.8 Å². The molecule has 0 aliphatic carbocycles. The van der Waals surface area contributed by atoms with Crippen LogP contribution in [0.3, 0.4) is 0 Å². The summed E-state index contributed by atoms with van der Waals surface area (Å²) in [7, 11) is 2.67. The summed E-state index contributed by atoms with van der Waals surface area (Å²) in [5.41, 5.74) is 0.376. The number of carbonyl (C=O) groups excluding carboxylic acids is 2. The number of rotatable bonds is 12. The van der Waals surface area contributed by atoms with Gasteiger partial charge in [-0.1, -0.05) is 0 Å². The van der Waals surface area contributed by atoms with Gasteiger partial charge in [0.2, 0.25) is 10.0 Å². The molecule has 0 aliphatic rings. The zero-order valence-electron chi connectivity index (χ0n) is 23.8. The molecule has 0 unspecified atom stereocenters. The number of aromatic nitrogens is 2. The van der Waals surface area contributed by atoms with Gasteiger partial charge < -0.3 is 25.2 Å². The fourth-order valence-electron chi connectivity index (χ4n) is 3.53. The molecular formula is C26H30F3N7O5S2. The third-order valence-corrected chi connectivity index (χ3v) is 8.04. The standard InChI is InChI=1S/C26H30F3N7O5S2/c1-30-43(39,40)17-7-9-21(42-5)19(13-17)34-23-14-22(31-15-32-23)33-16-6-8-18(24(37)36(4)11-10-35(2)3)20(12-16)41-25(38)26(27,28)29/h6-9,12-15,30H,10-11H2,1-5H3,(H2,31,32,33,34). The number of hydrogen-bond acceptors (Lipinski definition) is 11. The Bertz CT molecular complexity index is 1590. The minimum atomic E-state index is -5.28. The second-order valence-corrected chi connectivity index (χ2v) is 12.0. The van der Waals surface area contributed by atoms with Gasteiger partial charge in [0.05, 0.1) is 16.1 Å². The first kappa shape index (κ1) is 33.6. The molecule has 232 valence electrons. The van der Waals surface area contributed by atoms with Crippen LogP contribution in [-0.4, -0.2) is 93.8 Å². The Kier molecular flexibility index (Phi) is 11.0. The number of hydrogen-bond donors (Lipinski definition) is 3. The van der Waals surface area contributed by atoms with Crippen LogP contribution in [-0.2, 0) is 14.8 Å². The van der Waals surface area contributed by atoms with Crippen LogP contribution in [0.5, 0.6) is 5.75 Å². The molecule has 43 heavy (non-hydrogen) atoms. The van der Waals surface area contributed by atoms with Crippen molar-refractivity contribution in [1.29, 1.82) is 0 Å². The molecule has 1 aromatic heterocycles. The molecule has 0 atom stereocenters. The summed E-state index contributed by atoms with van der Waals surface area (Å²) in [5.74, 6) is -3.25. The topological polar surface area (TPSA) is 146 Å². The van der Waals surface area contributed by atoms with Crippen LogP contribution in [0.1, 0.15) is 10.4 Å². The Balaban J connectivity index is 1.91. The second kappa shape index (κ2) is 14.0. The van der Waals surface area contributed by atoms with Crippen molar-refractivity contribution in [2.45, 2.75) is 16.0 Å². The van der Waals surface area contributed by atoms with Gasteiger partial charge in [0.25, 0.3) is 5.91 Å². The summed E-state index contributed by atoms with van der Waals surface area (Å²) in [6, 6.07) is 9.78. The quantitative estimate of drug-likeness (QED) is 0.151. The Morgan fingerprint density at radius 2 is 1.65 bits per heavy atom. The first-order valence-electron chi connectivity index (χ1n) is 12.5. The molecular weight excluding hydrogens is 611 g/mol. The molecule has 3 aromatic rings. The van der Waals surface area contributed by atoms with E-state index in [-0.39, 0.29) is 34.3 Å². The minimum Gasteiger partial charge on any atom is -0.419 e. The maximum atomic E-state index is 13.0. The van der Waals surface area contributed by atoms with E-state index in [4.69, 9.17) is 0 Å². The number of halogens is 3. The number of esters is 1. The molecule has 0 fully saturated rings. The van der Waals surface area contributed by atoms with Crippen LogP contribution in [0.25, 0.3) is 0 Å². The van der Waals surface area contributed by atoms with Gasteiger partial charge in [-0.25, -0.2) is 27.9 Å². The number of alkyl halides is 3. The summed E-state index contributed by atoms with van der Waals surface area (Å²) < 4.78 is 70.5. The van der Waals surface area contributed by atoms with Crippen LogP contribution in [0.15, 0.2) is 58.6 Å². The zero-order valence-corrected chi connectivity index (χ0v) is 25.4. The highest BCUT2D eigenvalue weighted by atomic mass is 32.2. The van der Waals surface area contributed by atoms with Crippen molar-refractivity contribution in [3.8, 4) is 5.75 Å². The lowest BCUT2D eigenvalue weighted by molar-refractivity contribution is -0.189. The van der Waals surface area contributed by atoms with Crippen LogP contribution in [0, 0.1) is 0 Å². The number of amides is 1. The van der Waals surface area contributed by atoms with E-state index in [9.17, 15) is 31.2 Å². The molecule has 1 heterocycles. The van der Waals surface area contributed by atoms with E-state index in [1.807, 2.05) is 11.2 Å². The average molecular weight is 642 g/mol. The molecule has 0 spiro atoms. The van der Waals surface area contributed by atoms with Crippen LogP contribution < -0.4 is 20.1 Å². The Morgan fingerprint density at radius 1 is 0.977 bits per heavy atom. The monoisotopic (exact) mass is 641 g/mol. The van der Waals surface area contributed by atoms with Gasteiger partial charge in [-0.05, 0) is 57.7 Å². The molecule has 1 amide bonds. The van der Waals surface area contributed by atoms with E-state index in [1.54, 1.807) is 20.2 Å². The SMILES string of the molecule is CNS(=O)(=O)c1ccc(SC)c(Nc2cc(Nc3ccc(C(=O)N(C)CCN(C)C)c(OC(=O)C(F)(F)F)c3)ncn2)c1. The predicted octanol–water partition coefficient (Wildman–Crippen LogP) is 3.70. The van der Waals surface area contributed by atoms with Crippen molar-refractivity contribution in [2.75, 3.05) is 58.2 Å². The van der Waals surface area contributed by atoms with E-state index < -0.39 is 33.8 Å². The average Bonchev–Trinajstić information content (AvgIpc) is 2.95. The van der Waals surface area contributed by atoms with E-state index in [0.717, 1.165) is 11.0 Å². The largest absolute Gasteiger partial charge is 0.491 e. The molecule has 0 saturated carbocycles. The summed E-state index contributed by atoms with van der Waals surface area (Å²) >= 11 is 1.37. The Hall–Kier alpha value is -3.93. The summed E-state index contributed by atoms with van der Waals surface area (Å²) in [6.45, 7) is 0.773. The van der Waals surface area contributed by atoms with Gasteiger partial charge >= 0.3 is 12.1 Å². The van der Waals surface area contributed by atoms with Crippen LogP contribution in [0.4, 0.5) is 36.2 Å². The van der Waals surface area contributed by atoms with Crippen molar-refractivity contribution in [3.63, 3.8) is 0 Å². The third-order valence-electron chi connectivity index (χ3n) is 5.83. The minimum absolute atomic E-state index is 0.0330. The highest BCUT2D eigenvalue weighted by molar-refractivity contribution is 7.98. The smallest absolute Gasteiger partial charge is 0.419 e. The molecule has 2 aromatic carbocycles. The molecule has 0 saturated heterocycles. The third kappa shape index (κ3) is 9.03. The predicted molar refractivity (Wildman–Crippen MR) is 157 cm³/mol. The molecule has 3 N–H and O–H groups in total. The fourth-order valence-corrected chi connectivity index (χ4v) is 4.82. The van der Waals surface area contributed by atoms with Gasteiger partial charge in [0, 0.05) is 42.9 Å². The van der Waals surface area contributed by atoms with Crippen molar-refractivity contribution >= 4 is 56.7 Å². The number of nitrogens with zero attached hydrogens (tertiary/aromatic N) is 4. The Morgan fingerprint density at radius 3 is 2.26 bits per heavy atom. The maximum Gasteiger partial charge on any atom is 0.491 e. The summed E-state index contributed by atoms with van der Waals surface area (Å²) in [5, 5.41) is 5.93. The lowest BCUT2D eigenvalue weighted by Gasteiger charge is -2.21. The van der Waals surface area contributed by atoms with Gasteiger partial charge in [-0.2, -0.15) is 13.2 Å². The molecule has 0 bridgehead atoms. The highest BCUT2D eigenvalue weighted by Gasteiger charge is 2.42. The van der Waals surface area contributed by atoms with Crippen molar-refractivity contribution in [2.24, 2.45) is 0 Å². The molecule has 17 heteroatoms. The van der Waals surface area contributed by atoms with Crippen molar-refractivity contribution in [1.82, 2.24) is 24.5 Å². The van der Waals surface area contributed by atoms with Gasteiger partial charge in [0.1, 0.15) is 23.7 Å². The van der Waals surface area contributed by atoms with E-state index in [2.05, 4.69) is 30.1 Å². The fraction of sp³-hybridized carbons (Fsp3) is 0.308. The first-order valence-corrected chi connectivity index (χ1v) is 15.2. The molecule has 12 nitrogen and oxygen atoms in total. The Labute approximate surface area is 251 Å². The number of ether oxygens (including phenoxy) is 1. The molecule has 0 aliphatic heterocycles. The first-order chi connectivity index (χ1) is 20.1. The number of benzene rings is 2. The molecule has 3 rings (SSSR count). The number of carbonyl (C=O) groups is 2. The second-order valence-electron chi connectivity index (χ2n) is 9.24. The van der Waals surface area contributed by atoms with Crippen molar-refractivity contribution in [3.05, 3.63) is 54.4 Å². The zero-order chi connectivity index (χ0) is 31.9. The number of likely N-dealkylation sites (N-methyl/N-ethyl adjacent to an activating group) is 2. The lowest BCUT2D eigenvalue weighted by atomic mass is 10.1. The van der Waals surface area contributed by atoms with E-state index in [0.29, 0.717) is 12.2 Å². The van der Waals surface area contributed by atoms with E-state index in [1.165, 1.54) is 67.4 Å². The van der Waals surface area contributed by atoms with Crippen LogP contribution in [0.2, 0.25) is 0 Å². The van der Waals surface area contributed by atoms with Crippen molar-refractivity contribution < 1.29 is 35.9 Å².